The highest BCUT2D eigenvalue weighted by atomic mass is 32.2. The van der Waals surface area contributed by atoms with Crippen LogP contribution in [0, 0.1) is 5.92 Å². The molecule has 2 aromatic carbocycles. The Balaban J connectivity index is 1.87. The lowest BCUT2D eigenvalue weighted by molar-refractivity contribution is -0.121. The molecule has 4 rings (SSSR count). The molecule has 1 aliphatic rings. The number of piperazine rings is 1. The van der Waals surface area contributed by atoms with E-state index in [4.69, 9.17) is 0 Å². The van der Waals surface area contributed by atoms with Crippen LogP contribution in [0.5, 0.6) is 0 Å². The predicted molar refractivity (Wildman–Crippen MR) is 169 cm³/mol. The molecule has 1 fully saturated rings. The highest BCUT2D eigenvalue weighted by molar-refractivity contribution is 7.92. The molecule has 0 aliphatic carbocycles. The molecule has 0 spiro atoms. The molecule has 3 N–H and O–H groups in total. The normalized spacial score (nSPS) is 13.7. The number of hydrogen-bond acceptors (Lipinski definition) is 6. The summed E-state index contributed by atoms with van der Waals surface area (Å²) in [6.07, 6.45) is 1.26. The van der Waals surface area contributed by atoms with Crippen LogP contribution in [0.1, 0.15) is 50.5 Å². The van der Waals surface area contributed by atoms with Crippen molar-refractivity contribution in [2.45, 2.75) is 46.6 Å². The molecule has 1 saturated heterocycles. The maximum Gasteiger partial charge on any atom is 0.333 e. The molecule has 0 bridgehead atoms. The third-order valence-electron chi connectivity index (χ3n) is 7.15. The Bertz CT molecular complexity index is 1570. The number of carbonyl (C=O) groups excluding carboxylic acids is 2. The van der Waals surface area contributed by atoms with Gasteiger partial charge in [-0.15, -0.1) is 0 Å². The summed E-state index contributed by atoms with van der Waals surface area (Å²) in [7, 11) is -3.67. The van der Waals surface area contributed by atoms with E-state index < -0.39 is 15.7 Å². The lowest BCUT2D eigenvalue weighted by Gasteiger charge is -2.28. The van der Waals surface area contributed by atoms with E-state index in [9.17, 15) is 22.8 Å². The van der Waals surface area contributed by atoms with Gasteiger partial charge in [-0.25, -0.2) is 13.2 Å². The highest BCUT2D eigenvalue weighted by Crippen LogP contribution is 2.31. The van der Waals surface area contributed by atoms with Crippen molar-refractivity contribution in [1.29, 1.82) is 0 Å². The van der Waals surface area contributed by atoms with E-state index in [0.29, 0.717) is 68.9 Å². The zero-order chi connectivity index (χ0) is 31.0. The van der Waals surface area contributed by atoms with Gasteiger partial charge in [0, 0.05) is 51.3 Å². The van der Waals surface area contributed by atoms with Crippen LogP contribution in [0.4, 0.5) is 5.69 Å². The Hall–Kier alpha value is -3.90. The molecule has 3 aromatic rings. The Morgan fingerprint density at radius 3 is 2.35 bits per heavy atom. The van der Waals surface area contributed by atoms with Crippen molar-refractivity contribution in [2.75, 3.05) is 43.2 Å². The molecule has 2 heterocycles. The van der Waals surface area contributed by atoms with Crippen molar-refractivity contribution >= 4 is 27.5 Å². The summed E-state index contributed by atoms with van der Waals surface area (Å²) < 4.78 is 31.2. The number of sulfonamides is 1. The molecule has 1 aliphatic heterocycles. The topological polar surface area (TPSA) is 135 Å². The molecule has 11 nitrogen and oxygen atoms in total. The predicted octanol–water partition coefficient (Wildman–Crippen LogP) is 3.06. The Morgan fingerprint density at radius 1 is 1.00 bits per heavy atom. The summed E-state index contributed by atoms with van der Waals surface area (Å²) in [6.45, 7) is 8.52. The van der Waals surface area contributed by atoms with Crippen LogP contribution in [0.15, 0.2) is 59.4 Å². The Morgan fingerprint density at radius 2 is 1.67 bits per heavy atom. The molecule has 0 radical (unpaired) electrons. The highest BCUT2D eigenvalue weighted by Gasteiger charge is 2.31. The van der Waals surface area contributed by atoms with Gasteiger partial charge in [-0.1, -0.05) is 63.2 Å². The summed E-state index contributed by atoms with van der Waals surface area (Å²) in [5, 5.41) is 6.16. The number of anilines is 1. The van der Waals surface area contributed by atoms with Crippen LogP contribution in [0.3, 0.4) is 0 Å². The average molecular weight is 611 g/mol. The number of benzene rings is 2. The van der Waals surface area contributed by atoms with Crippen LogP contribution in [0.2, 0.25) is 0 Å². The van der Waals surface area contributed by atoms with Crippen molar-refractivity contribution in [2.24, 2.45) is 5.92 Å². The number of nitrogens with one attached hydrogen (secondary N) is 3. The molecular formula is C31H42N6O5S. The van der Waals surface area contributed by atoms with E-state index in [1.807, 2.05) is 44.2 Å². The maximum absolute atomic E-state index is 14.4. The van der Waals surface area contributed by atoms with Gasteiger partial charge in [0.15, 0.2) is 0 Å². The first-order chi connectivity index (χ1) is 20.6. The van der Waals surface area contributed by atoms with Gasteiger partial charge in [0.1, 0.15) is 5.69 Å². The van der Waals surface area contributed by atoms with Gasteiger partial charge < -0.3 is 15.5 Å². The van der Waals surface area contributed by atoms with Gasteiger partial charge in [0.25, 0.3) is 5.91 Å². The van der Waals surface area contributed by atoms with Gasteiger partial charge in [-0.05, 0) is 30.9 Å². The van der Waals surface area contributed by atoms with Crippen LogP contribution < -0.4 is 21.0 Å². The second-order valence-corrected chi connectivity index (χ2v) is 13.0. The molecule has 12 heteroatoms. The van der Waals surface area contributed by atoms with Crippen molar-refractivity contribution in [3.63, 3.8) is 0 Å². The van der Waals surface area contributed by atoms with Crippen LogP contribution in [-0.2, 0) is 21.4 Å². The summed E-state index contributed by atoms with van der Waals surface area (Å²) in [5.41, 5.74) is 1.37. The summed E-state index contributed by atoms with van der Waals surface area (Å²) in [4.78, 5) is 42.6. The fourth-order valence-corrected chi connectivity index (χ4v) is 6.37. The number of carbonyl (C=O) groups is 2. The first-order valence-electron chi connectivity index (χ1n) is 14.9. The molecule has 43 heavy (non-hydrogen) atoms. The van der Waals surface area contributed by atoms with Gasteiger partial charge in [-0.2, -0.15) is 0 Å². The lowest BCUT2D eigenvalue weighted by atomic mass is 10.1. The number of hydrogen-bond donors (Lipinski definition) is 3. The fourth-order valence-electron chi connectivity index (χ4n) is 5.22. The zero-order valence-corrected chi connectivity index (χ0v) is 26.0. The molecule has 0 unspecified atom stereocenters. The second-order valence-electron chi connectivity index (χ2n) is 11.1. The monoisotopic (exact) mass is 610 g/mol. The number of nitrogens with zero attached hydrogens (tertiary/aromatic N) is 3. The van der Waals surface area contributed by atoms with E-state index in [-0.39, 0.29) is 41.4 Å². The minimum absolute atomic E-state index is 0.0599. The quantitative estimate of drug-likeness (QED) is 0.255. The third kappa shape index (κ3) is 7.94. The SMILES string of the molecule is CCCS(=O)(=O)Nc1ccccc1-n1c(-c2ccccc2)c(C(=O)N2CCNCC2)n(CCCNC(=O)CC(C)C)c1=O. The minimum atomic E-state index is -3.67. The zero-order valence-electron chi connectivity index (χ0n) is 25.1. The summed E-state index contributed by atoms with van der Waals surface area (Å²) in [5.74, 6) is -0.180. The number of para-hydroxylation sites is 2. The molecule has 0 saturated carbocycles. The van der Waals surface area contributed by atoms with Crippen LogP contribution in [0.25, 0.3) is 16.9 Å². The summed E-state index contributed by atoms with van der Waals surface area (Å²) >= 11 is 0. The van der Waals surface area contributed by atoms with Gasteiger partial charge >= 0.3 is 5.69 Å². The molecule has 2 amide bonds. The maximum atomic E-state index is 14.4. The molecular weight excluding hydrogens is 568 g/mol. The van der Waals surface area contributed by atoms with Gasteiger partial charge in [-0.3, -0.25) is 23.4 Å². The largest absolute Gasteiger partial charge is 0.356 e. The Labute approximate surface area is 253 Å². The number of aromatic nitrogens is 2. The smallest absolute Gasteiger partial charge is 0.333 e. The number of rotatable bonds is 13. The van der Waals surface area contributed by atoms with Gasteiger partial charge in [0.2, 0.25) is 15.9 Å². The average Bonchev–Trinajstić information content (AvgIpc) is 3.27. The van der Waals surface area contributed by atoms with E-state index in [1.165, 1.54) is 9.13 Å². The van der Waals surface area contributed by atoms with Crippen LogP contribution in [-0.4, -0.2) is 72.7 Å². The first-order valence-corrected chi connectivity index (χ1v) is 16.6. The number of imidazole rings is 1. The van der Waals surface area contributed by atoms with Crippen molar-refractivity contribution in [3.05, 3.63) is 70.8 Å². The van der Waals surface area contributed by atoms with E-state index in [2.05, 4.69) is 15.4 Å². The van der Waals surface area contributed by atoms with E-state index in [1.54, 1.807) is 36.1 Å². The standard InChI is InChI=1S/C31H42N6O5S/c1-4-21-43(41,42)34-25-13-8-9-14-26(25)37-28(24-11-6-5-7-12-24)29(30(39)35-19-16-32-17-20-35)36(31(37)40)18-10-15-33-27(38)22-23(2)3/h5-9,11-14,23,32,34H,4,10,15-22H2,1-3H3,(H,33,38). The van der Waals surface area contributed by atoms with Crippen molar-refractivity contribution < 1.29 is 18.0 Å². The first kappa shape index (κ1) is 32.0. The van der Waals surface area contributed by atoms with E-state index >= 15 is 0 Å². The Kier molecular flexibility index (Phi) is 10.8. The molecule has 1 aromatic heterocycles. The van der Waals surface area contributed by atoms with E-state index in [0.717, 1.165) is 0 Å². The lowest BCUT2D eigenvalue weighted by Crippen LogP contribution is -2.47. The third-order valence-corrected chi connectivity index (χ3v) is 8.63. The van der Waals surface area contributed by atoms with Crippen molar-refractivity contribution in [3.8, 4) is 16.9 Å². The van der Waals surface area contributed by atoms with Gasteiger partial charge in [0.05, 0.1) is 22.8 Å². The van der Waals surface area contributed by atoms with Crippen LogP contribution >= 0.6 is 0 Å². The molecule has 232 valence electrons. The fraction of sp³-hybridized carbons (Fsp3) is 0.452. The molecule has 0 atom stereocenters. The second kappa shape index (κ2) is 14.5. The minimum Gasteiger partial charge on any atom is -0.356 e. The summed E-state index contributed by atoms with van der Waals surface area (Å²) in [6, 6.07) is 15.9. The van der Waals surface area contributed by atoms with Crippen molar-refractivity contribution in [1.82, 2.24) is 24.7 Å². The number of amides is 2.